The van der Waals surface area contributed by atoms with Gasteiger partial charge in [0.1, 0.15) is 11.5 Å². The molecule has 5 N–H and O–H groups in total. The normalized spacial score (nSPS) is 12.3. The molecule has 2 heterocycles. The number of nitrogens with one attached hydrogen (secondary N) is 3. The van der Waals surface area contributed by atoms with Crippen molar-refractivity contribution in [3.05, 3.63) is 64.8 Å². The van der Waals surface area contributed by atoms with Crippen LogP contribution in [0.3, 0.4) is 0 Å². The lowest BCUT2D eigenvalue weighted by Crippen LogP contribution is -2.41. The van der Waals surface area contributed by atoms with Gasteiger partial charge in [0, 0.05) is 55.7 Å². The molecule has 0 aliphatic carbocycles. The summed E-state index contributed by atoms with van der Waals surface area (Å²) in [7, 11) is 0. The van der Waals surface area contributed by atoms with Gasteiger partial charge in [-0.05, 0) is 37.3 Å². The molecule has 0 radical (unpaired) electrons. The Kier molecular flexibility index (Phi) is 8.43. The van der Waals surface area contributed by atoms with Gasteiger partial charge in [-0.25, -0.2) is 23.4 Å². The molecule has 10 nitrogen and oxygen atoms in total. The first-order chi connectivity index (χ1) is 18.7. The summed E-state index contributed by atoms with van der Waals surface area (Å²) in [6.45, 7) is 3.44. The van der Waals surface area contributed by atoms with Crippen molar-refractivity contribution in [2.45, 2.75) is 6.92 Å². The third-order valence-electron chi connectivity index (χ3n) is 5.96. The third kappa shape index (κ3) is 5.84. The van der Waals surface area contributed by atoms with Gasteiger partial charge in [0.2, 0.25) is 0 Å². The number of nitrogens with zero attached hydrogens (tertiary/aromatic N) is 4. The second-order valence-corrected chi connectivity index (χ2v) is 8.92. The second kappa shape index (κ2) is 11.9. The summed E-state index contributed by atoms with van der Waals surface area (Å²) in [4.78, 5) is 31.0. The lowest BCUT2D eigenvalue weighted by atomic mass is 10.0. The molecular weight excluding hydrogens is 530 g/mol. The Morgan fingerprint density at radius 3 is 2.49 bits per heavy atom. The molecule has 1 aromatic heterocycles. The van der Waals surface area contributed by atoms with Crippen LogP contribution >= 0.6 is 11.6 Å². The number of anilines is 4. The van der Waals surface area contributed by atoms with Gasteiger partial charge in [-0.3, -0.25) is 9.80 Å². The number of rotatable bonds is 9. The van der Waals surface area contributed by atoms with Crippen LogP contribution in [0.4, 0.5) is 41.2 Å². The molecule has 39 heavy (non-hydrogen) atoms. The number of carbonyl (C=O) groups excluding carboxylic acids is 2. The van der Waals surface area contributed by atoms with E-state index in [1.165, 1.54) is 17.2 Å². The largest absolute Gasteiger partial charge is 0.384 e. The first-order valence-electron chi connectivity index (χ1n) is 12.0. The Bertz CT molecular complexity index is 1440. The smallest absolute Gasteiger partial charge is 0.334 e. The average molecular weight is 555 g/mol. The number of pyridine rings is 1. The zero-order chi connectivity index (χ0) is 28.1. The van der Waals surface area contributed by atoms with Crippen molar-refractivity contribution in [1.82, 2.24) is 15.6 Å². The summed E-state index contributed by atoms with van der Waals surface area (Å²) in [6, 6.07) is 9.00. The summed E-state index contributed by atoms with van der Waals surface area (Å²) >= 11 is 6.21. The van der Waals surface area contributed by atoms with E-state index in [0.29, 0.717) is 42.3 Å². The van der Waals surface area contributed by atoms with Crippen LogP contribution in [0.5, 0.6) is 0 Å². The van der Waals surface area contributed by atoms with Crippen molar-refractivity contribution in [3.63, 3.8) is 0 Å². The van der Waals surface area contributed by atoms with E-state index in [2.05, 4.69) is 20.9 Å². The zero-order valence-electron chi connectivity index (χ0n) is 20.9. The van der Waals surface area contributed by atoms with Crippen LogP contribution in [-0.4, -0.2) is 49.8 Å². The Labute approximate surface area is 228 Å². The van der Waals surface area contributed by atoms with Crippen LogP contribution in [0.15, 0.2) is 42.6 Å². The molecule has 13 heteroatoms. The fourth-order valence-corrected chi connectivity index (χ4v) is 4.41. The highest BCUT2D eigenvalue weighted by atomic mass is 35.5. The fourth-order valence-electron chi connectivity index (χ4n) is 4.25. The van der Waals surface area contributed by atoms with E-state index in [0.717, 1.165) is 17.0 Å². The maximum atomic E-state index is 15.6. The van der Waals surface area contributed by atoms with E-state index >= 15 is 8.78 Å². The summed E-state index contributed by atoms with van der Waals surface area (Å²) < 4.78 is 31.2. The van der Waals surface area contributed by atoms with Crippen molar-refractivity contribution < 1.29 is 18.4 Å². The second-order valence-electron chi connectivity index (χ2n) is 8.49. The van der Waals surface area contributed by atoms with E-state index in [1.54, 1.807) is 25.1 Å². The molecule has 0 saturated heterocycles. The average Bonchev–Trinajstić information content (AvgIpc) is 2.99. The number of aromatic nitrogens is 1. The summed E-state index contributed by atoms with van der Waals surface area (Å²) in [6.07, 6.45) is 1.39. The minimum atomic E-state index is -0.981. The Morgan fingerprint density at radius 1 is 1.10 bits per heavy atom. The van der Waals surface area contributed by atoms with Crippen molar-refractivity contribution in [2.24, 2.45) is 5.73 Å². The SMILES string of the molecule is CCN1C(=O)N(c2c(F)cc(NCCNCCNC(N)=O)cc2F)c2cc(C#N)ccc2-c2cc(Cl)cnc21. The molecular formula is C26H25ClF2N8O2. The number of amides is 4. The number of hydrogen-bond donors (Lipinski definition) is 4. The van der Waals surface area contributed by atoms with E-state index < -0.39 is 29.4 Å². The van der Waals surface area contributed by atoms with Gasteiger partial charge in [0.25, 0.3) is 0 Å². The highest BCUT2D eigenvalue weighted by molar-refractivity contribution is 6.31. The number of carbonyl (C=O) groups is 2. The van der Waals surface area contributed by atoms with Gasteiger partial charge in [-0.15, -0.1) is 0 Å². The predicted octanol–water partition coefficient (Wildman–Crippen LogP) is 4.32. The molecule has 0 spiro atoms. The van der Waals surface area contributed by atoms with Gasteiger partial charge in [-0.2, -0.15) is 5.26 Å². The maximum Gasteiger partial charge on any atom is 0.334 e. The van der Waals surface area contributed by atoms with Crippen LogP contribution in [0.1, 0.15) is 12.5 Å². The Balaban J connectivity index is 1.69. The predicted molar refractivity (Wildman–Crippen MR) is 145 cm³/mol. The fraction of sp³-hybridized carbons (Fsp3) is 0.231. The van der Waals surface area contributed by atoms with Crippen molar-refractivity contribution in [2.75, 3.05) is 47.8 Å². The van der Waals surface area contributed by atoms with Crippen LogP contribution in [0.25, 0.3) is 11.1 Å². The number of hydrogen-bond acceptors (Lipinski definition) is 6. The molecule has 3 aromatic rings. The number of halogens is 3. The van der Waals surface area contributed by atoms with E-state index in [9.17, 15) is 14.9 Å². The van der Waals surface area contributed by atoms with Gasteiger partial charge in [-0.1, -0.05) is 17.7 Å². The summed E-state index contributed by atoms with van der Waals surface area (Å²) in [5, 5.41) is 18.2. The molecule has 0 fully saturated rings. The summed E-state index contributed by atoms with van der Waals surface area (Å²) in [5.41, 5.74) is 5.81. The molecule has 4 rings (SSSR count). The van der Waals surface area contributed by atoms with Gasteiger partial charge in [0.05, 0.1) is 22.3 Å². The number of nitrogens with two attached hydrogens (primary N) is 1. The number of benzene rings is 2. The highest BCUT2D eigenvalue weighted by Gasteiger charge is 2.36. The maximum absolute atomic E-state index is 15.6. The highest BCUT2D eigenvalue weighted by Crippen LogP contribution is 2.45. The minimum Gasteiger partial charge on any atom is -0.384 e. The molecule has 202 valence electrons. The lowest BCUT2D eigenvalue weighted by molar-refractivity contribution is 0.249. The topological polar surface area (TPSA) is 139 Å². The van der Waals surface area contributed by atoms with Gasteiger partial charge >= 0.3 is 12.1 Å². The van der Waals surface area contributed by atoms with E-state index in [-0.39, 0.29) is 29.3 Å². The monoisotopic (exact) mass is 554 g/mol. The number of primary amides is 1. The molecule has 0 atom stereocenters. The van der Waals surface area contributed by atoms with Gasteiger partial charge < -0.3 is 21.7 Å². The van der Waals surface area contributed by atoms with Crippen LogP contribution in [-0.2, 0) is 0 Å². The van der Waals surface area contributed by atoms with E-state index in [4.69, 9.17) is 17.3 Å². The molecule has 0 unspecified atom stereocenters. The molecule has 1 aliphatic rings. The Hall–Kier alpha value is -4.47. The molecule has 2 aromatic carbocycles. The number of nitriles is 1. The van der Waals surface area contributed by atoms with Crippen LogP contribution in [0, 0.1) is 23.0 Å². The molecule has 4 amide bonds. The van der Waals surface area contributed by atoms with Crippen LogP contribution in [0.2, 0.25) is 5.02 Å². The van der Waals surface area contributed by atoms with Crippen molar-refractivity contribution >= 4 is 46.5 Å². The lowest BCUT2D eigenvalue weighted by Gasteiger charge is -2.28. The molecule has 0 saturated carbocycles. The zero-order valence-corrected chi connectivity index (χ0v) is 21.6. The summed E-state index contributed by atoms with van der Waals surface area (Å²) in [5.74, 6) is -1.69. The minimum absolute atomic E-state index is 0.118. The molecule has 1 aliphatic heterocycles. The van der Waals surface area contributed by atoms with Crippen molar-refractivity contribution in [3.8, 4) is 17.2 Å². The Morgan fingerprint density at radius 2 is 1.82 bits per heavy atom. The first kappa shape index (κ1) is 27.6. The van der Waals surface area contributed by atoms with Gasteiger partial charge in [0.15, 0.2) is 11.6 Å². The van der Waals surface area contributed by atoms with Crippen molar-refractivity contribution in [1.29, 1.82) is 5.26 Å². The van der Waals surface area contributed by atoms with Crippen LogP contribution < -0.4 is 31.5 Å². The number of fused-ring (bicyclic) bond motifs is 3. The van der Waals surface area contributed by atoms with E-state index in [1.807, 2.05) is 6.07 Å². The third-order valence-corrected chi connectivity index (χ3v) is 6.16. The molecule has 0 bridgehead atoms. The standard InChI is InChI=1S/C26H25ClF2N8O2/c1-2-36-24-19(10-16(27)14-35-24)18-4-3-15(13-30)9-22(18)37(26(36)39)23-20(28)11-17(12-21(23)29)33-7-5-32-6-8-34-25(31)38/h3-4,9-12,14,32-33H,2,5-8H2,1H3,(H3,31,34,38). The quantitative estimate of drug-likeness (QED) is 0.290. The first-order valence-corrected chi connectivity index (χ1v) is 12.4. The number of urea groups is 2.